The summed E-state index contributed by atoms with van der Waals surface area (Å²) in [5.74, 6) is -0.151. The average Bonchev–Trinajstić information content (AvgIpc) is 1.89. The van der Waals surface area contributed by atoms with Gasteiger partial charge in [-0.2, -0.15) is 0 Å². The topological polar surface area (TPSA) is 12.0 Å². The second kappa shape index (κ2) is 4.10. The maximum atomic E-state index is 12.3. The van der Waals surface area contributed by atoms with E-state index in [4.69, 9.17) is 0 Å². The van der Waals surface area contributed by atoms with Gasteiger partial charge in [-0.15, -0.1) is 0 Å². The Hall–Kier alpha value is -0.780. The van der Waals surface area contributed by atoms with Crippen molar-refractivity contribution in [1.82, 2.24) is 5.32 Å². The van der Waals surface area contributed by atoms with Crippen molar-refractivity contribution in [3.63, 3.8) is 0 Å². The van der Waals surface area contributed by atoms with E-state index < -0.39 is 5.92 Å². The number of hydrogen-bond donors (Lipinski definition) is 1. The normalized spacial score (nSPS) is 10.0. The lowest BCUT2D eigenvalue weighted by Crippen LogP contribution is -2.29. The molecule has 10 heavy (non-hydrogen) atoms. The molecule has 0 heterocycles. The van der Waals surface area contributed by atoms with Crippen LogP contribution in [0.3, 0.4) is 0 Å². The first-order valence-corrected chi connectivity index (χ1v) is 3.15. The van der Waals surface area contributed by atoms with E-state index in [1.165, 1.54) is 6.92 Å². The Bertz CT molecular complexity index is 143. The summed E-state index contributed by atoms with van der Waals surface area (Å²) in [5.41, 5.74) is 0. The van der Waals surface area contributed by atoms with Crippen molar-refractivity contribution in [2.45, 2.75) is 26.2 Å². The van der Waals surface area contributed by atoms with E-state index >= 15 is 0 Å². The van der Waals surface area contributed by atoms with Gasteiger partial charge in [-0.05, 0) is 6.92 Å². The van der Waals surface area contributed by atoms with Gasteiger partial charge in [0.2, 0.25) is 0 Å². The molecule has 1 N–H and O–H groups in total. The molecule has 0 atom stereocenters. The van der Waals surface area contributed by atoms with Crippen LogP contribution in [0.4, 0.5) is 8.78 Å². The highest BCUT2D eigenvalue weighted by molar-refractivity contribution is 4.93. The first-order chi connectivity index (χ1) is 4.62. The second-order valence-electron chi connectivity index (χ2n) is 1.94. The molecule has 0 aliphatic rings. The quantitative estimate of drug-likeness (QED) is 0.472. The first-order valence-electron chi connectivity index (χ1n) is 3.15. The molecule has 0 amide bonds. The molecule has 1 nitrogen and oxygen atoms in total. The van der Waals surface area contributed by atoms with E-state index in [1.807, 2.05) is 0 Å². The minimum atomic E-state index is -2.62. The fourth-order valence-corrected chi connectivity index (χ4v) is 0.387. The van der Waals surface area contributed by atoms with Crippen molar-refractivity contribution in [2.24, 2.45) is 0 Å². The lowest BCUT2D eigenvalue weighted by molar-refractivity contribution is 0.00207. The van der Waals surface area contributed by atoms with Crippen molar-refractivity contribution in [1.29, 1.82) is 0 Å². The summed E-state index contributed by atoms with van der Waals surface area (Å²) in [6, 6.07) is 2.36. The Morgan fingerprint density at radius 3 is 2.50 bits per heavy atom. The van der Waals surface area contributed by atoms with E-state index in [0.717, 1.165) is 0 Å². The minimum Gasteiger partial charge on any atom is -0.340 e. The molecule has 0 rings (SSSR count). The third kappa shape index (κ3) is 4.13. The van der Waals surface area contributed by atoms with Crippen LogP contribution >= 0.6 is 0 Å². The zero-order chi connectivity index (χ0) is 8.04. The number of halogens is 2. The highest BCUT2D eigenvalue weighted by Crippen LogP contribution is 2.15. The highest BCUT2D eigenvalue weighted by Gasteiger charge is 2.24. The summed E-state index contributed by atoms with van der Waals surface area (Å²) >= 11 is 0. The van der Waals surface area contributed by atoms with Crippen LogP contribution in [-0.4, -0.2) is 12.5 Å². The van der Waals surface area contributed by atoms with Gasteiger partial charge in [-0.3, -0.25) is 0 Å². The third-order valence-electron chi connectivity index (χ3n) is 1.08. The zero-order valence-corrected chi connectivity index (χ0v) is 6.17. The van der Waals surface area contributed by atoms with Gasteiger partial charge < -0.3 is 5.32 Å². The lowest BCUT2D eigenvalue weighted by Gasteiger charge is -2.11. The van der Waals surface area contributed by atoms with Crippen LogP contribution in [0.2, 0.25) is 0 Å². The van der Waals surface area contributed by atoms with Gasteiger partial charge in [0.05, 0.1) is 6.54 Å². The summed E-state index contributed by atoms with van der Waals surface area (Å²) in [6.07, 6.45) is -0.147. The zero-order valence-electron chi connectivity index (χ0n) is 6.17. The highest BCUT2D eigenvalue weighted by atomic mass is 19.3. The van der Waals surface area contributed by atoms with Crippen LogP contribution in [0.1, 0.15) is 20.3 Å². The van der Waals surface area contributed by atoms with E-state index in [0.29, 0.717) is 0 Å². The van der Waals surface area contributed by atoms with Crippen LogP contribution in [0.15, 0.2) is 0 Å². The smallest absolute Gasteiger partial charge is 0.265 e. The van der Waals surface area contributed by atoms with Crippen LogP contribution in [0.5, 0.6) is 0 Å². The summed E-state index contributed by atoms with van der Waals surface area (Å²) < 4.78 is 24.7. The predicted molar refractivity (Wildman–Crippen MR) is 36.7 cm³/mol. The number of alkyl halides is 2. The Morgan fingerprint density at radius 2 is 2.10 bits per heavy atom. The van der Waals surface area contributed by atoms with Crippen LogP contribution in [-0.2, 0) is 0 Å². The molecule has 3 heteroatoms. The van der Waals surface area contributed by atoms with Gasteiger partial charge >= 0.3 is 0 Å². The Kier molecular flexibility index (Phi) is 3.78. The van der Waals surface area contributed by atoms with Gasteiger partial charge in [-0.25, -0.2) is 8.78 Å². The number of nitrogens with one attached hydrogen (secondary N) is 1. The van der Waals surface area contributed by atoms with Gasteiger partial charge in [0.25, 0.3) is 5.92 Å². The fourth-order valence-electron chi connectivity index (χ4n) is 0.387. The molecule has 0 aliphatic carbocycles. The van der Waals surface area contributed by atoms with Crippen molar-refractivity contribution in [3.8, 4) is 12.0 Å². The molecular weight excluding hydrogens is 136 g/mol. The molecule has 58 valence electrons. The van der Waals surface area contributed by atoms with Crippen molar-refractivity contribution in [3.05, 3.63) is 0 Å². The Morgan fingerprint density at radius 1 is 1.50 bits per heavy atom. The monoisotopic (exact) mass is 147 g/mol. The molecule has 0 aliphatic heterocycles. The van der Waals surface area contributed by atoms with Gasteiger partial charge in [-0.1, -0.05) is 12.8 Å². The maximum Gasteiger partial charge on any atom is 0.265 e. The summed E-state index contributed by atoms with van der Waals surface area (Å²) in [6.45, 7) is 2.68. The average molecular weight is 147 g/mol. The van der Waals surface area contributed by atoms with Crippen LogP contribution < -0.4 is 5.32 Å². The van der Waals surface area contributed by atoms with Crippen molar-refractivity contribution >= 4 is 0 Å². The molecule has 0 aromatic rings. The van der Waals surface area contributed by atoms with E-state index in [-0.39, 0.29) is 13.0 Å². The van der Waals surface area contributed by atoms with Gasteiger partial charge in [0.15, 0.2) is 0 Å². The van der Waals surface area contributed by atoms with E-state index in [1.54, 1.807) is 6.92 Å². The Labute approximate surface area is 59.8 Å². The van der Waals surface area contributed by atoms with Crippen LogP contribution in [0, 0.1) is 12.0 Å². The third-order valence-corrected chi connectivity index (χ3v) is 1.08. The van der Waals surface area contributed by atoms with Gasteiger partial charge in [0, 0.05) is 12.5 Å². The van der Waals surface area contributed by atoms with Crippen LogP contribution in [0.25, 0.3) is 0 Å². The van der Waals surface area contributed by atoms with E-state index in [2.05, 4.69) is 17.3 Å². The largest absolute Gasteiger partial charge is 0.340 e. The number of rotatable bonds is 3. The molecule has 0 saturated heterocycles. The molecule has 0 fully saturated rings. The number of hydrogen-bond acceptors (Lipinski definition) is 1. The fraction of sp³-hybridized carbons (Fsp3) is 0.714. The van der Waals surface area contributed by atoms with Crippen molar-refractivity contribution in [2.75, 3.05) is 6.54 Å². The maximum absolute atomic E-state index is 12.3. The Balaban J connectivity index is 3.53. The predicted octanol–water partition coefficient (Wildman–Crippen LogP) is 1.60. The second-order valence-corrected chi connectivity index (χ2v) is 1.94. The first kappa shape index (κ1) is 9.22. The summed E-state index contributed by atoms with van der Waals surface area (Å²) in [5, 5.41) is 2.32. The molecule has 0 radical (unpaired) electrons. The van der Waals surface area contributed by atoms with Crippen molar-refractivity contribution < 1.29 is 8.78 Å². The summed E-state index contributed by atoms with van der Waals surface area (Å²) in [7, 11) is 0. The molecule has 0 spiro atoms. The SMILES string of the molecule is CC#CNCC(F)(F)CC. The molecule has 0 saturated carbocycles. The minimum absolute atomic E-state index is 0.147. The molecule has 0 aromatic heterocycles. The lowest BCUT2D eigenvalue weighted by atomic mass is 10.3. The van der Waals surface area contributed by atoms with Gasteiger partial charge in [0.1, 0.15) is 0 Å². The molecule has 0 unspecified atom stereocenters. The molecule has 0 bridgehead atoms. The summed E-state index contributed by atoms with van der Waals surface area (Å²) in [4.78, 5) is 0. The van der Waals surface area contributed by atoms with E-state index in [9.17, 15) is 8.78 Å². The molecular formula is C7H11F2N. The standard InChI is InChI=1S/C7H11F2N/c1-3-5-10-6-7(8,9)4-2/h10H,4,6H2,1-2H3. The molecule has 0 aromatic carbocycles.